The largest absolute Gasteiger partial charge is 0.472 e. The predicted molar refractivity (Wildman–Crippen MR) is 291 cm³/mol. The van der Waals surface area contributed by atoms with Gasteiger partial charge in [-0.2, -0.15) is 0 Å². The summed E-state index contributed by atoms with van der Waals surface area (Å²) in [5.74, 6) is -0.573. The molecule has 394 valence electrons. The Bertz CT molecular complexity index is 1400. The van der Waals surface area contributed by atoms with Crippen LogP contribution < -0.4 is 5.32 Å². The van der Waals surface area contributed by atoms with E-state index in [0.717, 1.165) is 77.0 Å². The molecule has 0 saturated heterocycles. The first-order chi connectivity index (χ1) is 32.9. The molecule has 0 saturated carbocycles. The summed E-state index contributed by atoms with van der Waals surface area (Å²) >= 11 is 0. The van der Waals surface area contributed by atoms with E-state index in [-0.39, 0.29) is 31.5 Å². The van der Waals surface area contributed by atoms with Crippen molar-refractivity contribution >= 4 is 19.7 Å². The van der Waals surface area contributed by atoms with Crippen molar-refractivity contribution in [2.45, 2.75) is 245 Å². The molecule has 0 radical (unpaired) electrons. The smallest absolute Gasteiger partial charge is 0.456 e. The lowest BCUT2D eigenvalue weighted by molar-refractivity contribution is -0.870. The molecule has 68 heavy (non-hydrogen) atoms. The molecule has 0 aliphatic heterocycles. The SMILES string of the molecule is CC/C=C\C/C=C\C/C=C\C/C=C\C/C=C\CCCC(=O)OC(/C=C/CCCCCCCCCCCC)C(COP(=O)(O)OCC[N+](C)(C)C)NC(=O)CCCCCCCCCCCCCCC. The standard InChI is InChI=1S/C58H105N2O7P/c1-7-10-13-16-19-22-25-28-29-30-31-33-36-39-42-45-48-51-58(62)67-56(49-46-43-40-37-34-27-24-21-18-15-12-9-3)55(54-66-68(63,64)65-53-52-60(4,5)6)59-57(61)50-47-44-41-38-35-32-26-23-20-17-14-11-8-2/h10,13,19,22,28-29,31,33,39,42,46,49,55-56H,7-9,11-12,14-18,20-21,23-27,30,32,34-38,40-41,43-45,47-48,50-54H2,1-6H3,(H-,59,61,63,64)/p+1/b13-10-,22-19-,29-28-,33-31-,42-39-,49-46+. The minimum absolute atomic E-state index is 0.0302. The quantitative estimate of drug-likeness (QED) is 0.0205. The minimum atomic E-state index is -4.45. The average Bonchev–Trinajstić information content (AvgIpc) is 3.29. The van der Waals surface area contributed by atoms with Crippen LogP contribution in [0.2, 0.25) is 0 Å². The number of esters is 1. The molecule has 3 unspecified atom stereocenters. The Morgan fingerprint density at radius 1 is 0.529 bits per heavy atom. The molecule has 0 aromatic rings. The van der Waals surface area contributed by atoms with Crippen molar-refractivity contribution < 1.29 is 37.3 Å². The number of nitrogens with zero attached hydrogens (tertiary/aromatic N) is 1. The molecule has 0 aliphatic rings. The van der Waals surface area contributed by atoms with E-state index < -0.39 is 20.0 Å². The lowest BCUT2D eigenvalue weighted by atomic mass is 10.0. The summed E-state index contributed by atoms with van der Waals surface area (Å²) in [4.78, 5) is 37.5. The fourth-order valence-electron chi connectivity index (χ4n) is 7.62. The fraction of sp³-hybridized carbons (Fsp3) is 0.759. The molecule has 3 atom stereocenters. The van der Waals surface area contributed by atoms with Gasteiger partial charge < -0.3 is 19.4 Å². The second kappa shape index (κ2) is 48.1. The van der Waals surface area contributed by atoms with Gasteiger partial charge in [-0.05, 0) is 70.3 Å². The molecule has 0 aliphatic carbocycles. The highest BCUT2D eigenvalue weighted by Gasteiger charge is 2.30. The Balaban J connectivity index is 5.47. The summed E-state index contributed by atoms with van der Waals surface area (Å²) in [6, 6.07) is -0.870. The zero-order valence-electron chi connectivity index (χ0n) is 44.8. The molecule has 1 amide bonds. The molecule has 0 aromatic carbocycles. The summed E-state index contributed by atoms with van der Waals surface area (Å²) in [5.41, 5.74) is 0. The lowest BCUT2D eigenvalue weighted by Gasteiger charge is -2.27. The van der Waals surface area contributed by atoms with E-state index in [2.05, 4.69) is 86.8 Å². The summed E-state index contributed by atoms with van der Waals surface area (Å²) in [5, 5.41) is 3.03. The van der Waals surface area contributed by atoms with Gasteiger partial charge in [0.1, 0.15) is 19.3 Å². The lowest BCUT2D eigenvalue weighted by Crippen LogP contribution is -2.47. The van der Waals surface area contributed by atoms with Gasteiger partial charge >= 0.3 is 13.8 Å². The third-order valence-corrected chi connectivity index (χ3v) is 12.9. The minimum Gasteiger partial charge on any atom is -0.456 e. The van der Waals surface area contributed by atoms with Gasteiger partial charge in [-0.15, -0.1) is 0 Å². The summed E-state index contributed by atoms with van der Waals surface area (Å²) in [7, 11) is 1.46. The van der Waals surface area contributed by atoms with E-state index in [1.54, 1.807) is 0 Å². The van der Waals surface area contributed by atoms with Gasteiger partial charge in [0.05, 0.1) is 33.8 Å². The first kappa shape index (κ1) is 65.5. The topological polar surface area (TPSA) is 111 Å². The zero-order chi connectivity index (χ0) is 50.1. The molecule has 0 rings (SSSR count). The number of likely N-dealkylation sites (N-methyl/N-ethyl adjacent to an activating group) is 1. The third-order valence-electron chi connectivity index (χ3n) is 11.9. The first-order valence-electron chi connectivity index (χ1n) is 27.8. The maximum Gasteiger partial charge on any atom is 0.472 e. The number of carbonyl (C=O) groups is 2. The van der Waals surface area contributed by atoms with Crippen LogP contribution in [-0.4, -0.2) is 74.3 Å². The Hall–Kier alpha value is -2.55. The van der Waals surface area contributed by atoms with Crippen LogP contribution >= 0.6 is 7.82 Å². The second-order valence-electron chi connectivity index (χ2n) is 19.7. The molecule has 10 heteroatoms. The number of unbranched alkanes of at least 4 members (excludes halogenated alkanes) is 23. The van der Waals surface area contributed by atoms with Gasteiger partial charge in [0.15, 0.2) is 0 Å². The van der Waals surface area contributed by atoms with E-state index in [4.69, 9.17) is 13.8 Å². The van der Waals surface area contributed by atoms with E-state index in [1.807, 2.05) is 33.3 Å². The molecule has 0 spiro atoms. The van der Waals surface area contributed by atoms with Gasteiger partial charge in [-0.25, -0.2) is 4.57 Å². The number of phosphoric ester groups is 1. The van der Waals surface area contributed by atoms with Crippen LogP contribution in [0.4, 0.5) is 0 Å². The van der Waals surface area contributed by atoms with Crippen molar-refractivity contribution in [3.05, 3.63) is 72.9 Å². The highest BCUT2D eigenvalue weighted by Crippen LogP contribution is 2.43. The number of hydrogen-bond acceptors (Lipinski definition) is 6. The van der Waals surface area contributed by atoms with Crippen molar-refractivity contribution in [1.82, 2.24) is 5.32 Å². The Morgan fingerprint density at radius 2 is 0.956 bits per heavy atom. The maximum atomic E-state index is 13.5. The van der Waals surface area contributed by atoms with E-state index >= 15 is 0 Å². The van der Waals surface area contributed by atoms with Crippen LogP contribution in [0.25, 0.3) is 0 Å². The van der Waals surface area contributed by atoms with Gasteiger partial charge in [-0.1, -0.05) is 222 Å². The number of hydrogen-bond donors (Lipinski definition) is 2. The van der Waals surface area contributed by atoms with Crippen LogP contribution in [0, 0.1) is 0 Å². The van der Waals surface area contributed by atoms with Crippen LogP contribution in [0.1, 0.15) is 233 Å². The number of ether oxygens (including phenoxy) is 1. The third kappa shape index (κ3) is 48.5. The van der Waals surface area contributed by atoms with Crippen LogP contribution in [0.5, 0.6) is 0 Å². The highest BCUT2D eigenvalue weighted by atomic mass is 31.2. The fourth-order valence-corrected chi connectivity index (χ4v) is 8.36. The van der Waals surface area contributed by atoms with Crippen molar-refractivity contribution in [3.63, 3.8) is 0 Å². The van der Waals surface area contributed by atoms with Crippen molar-refractivity contribution in [3.8, 4) is 0 Å². The molecule has 0 fully saturated rings. The van der Waals surface area contributed by atoms with Gasteiger partial charge in [0.2, 0.25) is 5.91 Å². The van der Waals surface area contributed by atoms with Crippen molar-refractivity contribution in [2.24, 2.45) is 0 Å². The van der Waals surface area contributed by atoms with Crippen LogP contribution in [0.3, 0.4) is 0 Å². The molecule has 9 nitrogen and oxygen atoms in total. The number of nitrogens with one attached hydrogen (secondary N) is 1. The predicted octanol–water partition coefficient (Wildman–Crippen LogP) is 16.5. The van der Waals surface area contributed by atoms with Gasteiger partial charge in [-0.3, -0.25) is 18.6 Å². The number of rotatable bonds is 49. The number of quaternary nitrogens is 1. The molecule has 0 aromatic heterocycles. The normalized spacial score (nSPS) is 14.4. The second-order valence-corrected chi connectivity index (χ2v) is 21.2. The number of allylic oxidation sites excluding steroid dienone is 11. The van der Waals surface area contributed by atoms with Crippen LogP contribution in [-0.2, 0) is 27.9 Å². The Morgan fingerprint density at radius 3 is 1.43 bits per heavy atom. The molecule has 0 bridgehead atoms. The molecule has 0 heterocycles. The Labute approximate surface area is 419 Å². The summed E-state index contributed by atoms with van der Waals surface area (Å²) < 4.78 is 30.5. The number of carbonyl (C=O) groups excluding carboxylic acids is 2. The highest BCUT2D eigenvalue weighted by molar-refractivity contribution is 7.47. The first-order valence-corrected chi connectivity index (χ1v) is 29.3. The monoisotopic (exact) mass is 974 g/mol. The van der Waals surface area contributed by atoms with Gasteiger partial charge in [0, 0.05) is 12.8 Å². The van der Waals surface area contributed by atoms with Crippen molar-refractivity contribution in [2.75, 3.05) is 40.9 Å². The van der Waals surface area contributed by atoms with E-state index in [1.165, 1.54) is 116 Å². The molecular weight excluding hydrogens is 868 g/mol. The molecular formula is C58H106N2O7P+. The Kier molecular flexibility index (Phi) is 46.3. The van der Waals surface area contributed by atoms with E-state index in [0.29, 0.717) is 23.9 Å². The maximum absolute atomic E-state index is 13.5. The van der Waals surface area contributed by atoms with Gasteiger partial charge in [0.25, 0.3) is 0 Å². The number of phosphoric acid groups is 1. The van der Waals surface area contributed by atoms with E-state index in [9.17, 15) is 19.0 Å². The van der Waals surface area contributed by atoms with Crippen LogP contribution in [0.15, 0.2) is 72.9 Å². The number of amides is 1. The molecule has 2 N–H and O–H groups in total. The zero-order valence-corrected chi connectivity index (χ0v) is 45.7. The summed E-state index contributed by atoms with van der Waals surface area (Å²) in [6.45, 7) is 6.85. The van der Waals surface area contributed by atoms with Crippen molar-refractivity contribution in [1.29, 1.82) is 0 Å². The average molecular weight is 974 g/mol. The summed E-state index contributed by atoms with van der Waals surface area (Å²) in [6.07, 6.45) is 60.4.